The minimum atomic E-state index is 0.338. The molecule has 0 bridgehead atoms. The van der Waals surface area contributed by atoms with E-state index < -0.39 is 0 Å². The van der Waals surface area contributed by atoms with Crippen LogP contribution in [0.3, 0.4) is 0 Å². The van der Waals surface area contributed by atoms with Crippen LogP contribution in [0.15, 0.2) is 54.6 Å². The van der Waals surface area contributed by atoms with Crippen molar-refractivity contribution in [1.29, 1.82) is 0 Å². The first-order valence-corrected chi connectivity index (χ1v) is 6.28. The van der Waals surface area contributed by atoms with Crippen molar-refractivity contribution >= 4 is 17.2 Å². The summed E-state index contributed by atoms with van der Waals surface area (Å²) in [6, 6.07) is 17.2. The van der Waals surface area contributed by atoms with Crippen molar-refractivity contribution in [1.82, 2.24) is 5.32 Å². The van der Waals surface area contributed by atoms with Crippen molar-refractivity contribution in [2.24, 2.45) is 0 Å². The van der Waals surface area contributed by atoms with Gasteiger partial charge in [0.1, 0.15) is 10.7 Å². The maximum atomic E-state index is 9.63. The van der Waals surface area contributed by atoms with Crippen LogP contribution in [0.2, 0.25) is 0 Å². The van der Waals surface area contributed by atoms with Crippen LogP contribution in [-0.2, 0) is 6.42 Å². The fourth-order valence-corrected chi connectivity index (χ4v) is 1.96. The van der Waals surface area contributed by atoms with E-state index in [9.17, 15) is 5.11 Å². The van der Waals surface area contributed by atoms with E-state index in [1.165, 1.54) is 0 Å². The third kappa shape index (κ3) is 3.31. The van der Waals surface area contributed by atoms with Crippen molar-refractivity contribution in [3.05, 3.63) is 65.7 Å². The molecule has 0 heterocycles. The van der Waals surface area contributed by atoms with Crippen molar-refractivity contribution in [2.75, 3.05) is 6.54 Å². The van der Waals surface area contributed by atoms with E-state index in [1.54, 1.807) is 6.07 Å². The van der Waals surface area contributed by atoms with E-state index in [4.69, 9.17) is 12.2 Å². The summed E-state index contributed by atoms with van der Waals surface area (Å²) in [6.07, 6.45) is 0.750. The van der Waals surface area contributed by atoms with Gasteiger partial charge in [-0.15, -0.1) is 0 Å². The molecule has 0 spiro atoms. The number of nitrogens with one attached hydrogen (secondary N) is 1. The molecule has 0 amide bonds. The highest BCUT2D eigenvalue weighted by molar-refractivity contribution is 7.80. The van der Waals surface area contributed by atoms with Crippen LogP contribution in [-0.4, -0.2) is 16.6 Å². The Hall–Kier alpha value is -1.87. The average molecular weight is 257 g/mol. The van der Waals surface area contributed by atoms with Gasteiger partial charge in [-0.2, -0.15) is 0 Å². The molecule has 92 valence electrons. The molecule has 2 rings (SSSR count). The molecular weight excluding hydrogens is 242 g/mol. The third-order valence-electron chi connectivity index (χ3n) is 2.71. The zero-order chi connectivity index (χ0) is 12.8. The van der Waals surface area contributed by atoms with Crippen LogP contribution >= 0.6 is 12.2 Å². The molecule has 0 unspecified atom stereocenters. The number of thiocarbonyl (C=S) groups is 1. The quantitative estimate of drug-likeness (QED) is 0.826. The largest absolute Gasteiger partial charge is 0.508 e. The average Bonchev–Trinajstić information content (AvgIpc) is 2.42. The van der Waals surface area contributed by atoms with Crippen LogP contribution in [0.5, 0.6) is 5.75 Å². The monoisotopic (exact) mass is 257 g/mol. The summed E-state index contributed by atoms with van der Waals surface area (Å²) < 4.78 is 0. The second-order valence-electron chi connectivity index (χ2n) is 4.00. The first-order valence-electron chi connectivity index (χ1n) is 5.87. The summed E-state index contributed by atoms with van der Waals surface area (Å²) >= 11 is 5.30. The number of hydrogen-bond acceptors (Lipinski definition) is 2. The maximum Gasteiger partial charge on any atom is 0.118 e. The predicted octanol–water partition coefficient (Wildman–Crippen LogP) is 2.90. The molecular formula is C15H15NOS. The summed E-state index contributed by atoms with van der Waals surface area (Å²) in [5.74, 6) is 0.338. The van der Waals surface area contributed by atoms with Gasteiger partial charge in [-0.05, 0) is 18.1 Å². The molecule has 0 aliphatic carbocycles. The second kappa shape index (κ2) is 6.17. The van der Waals surface area contributed by atoms with E-state index in [0.29, 0.717) is 12.3 Å². The van der Waals surface area contributed by atoms with Gasteiger partial charge in [0.2, 0.25) is 0 Å². The zero-order valence-electron chi connectivity index (χ0n) is 9.97. The third-order valence-corrected chi connectivity index (χ3v) is 3.09. The summed E-state index contributed by atoms with van der Waals surface area (Å²) in [5, 5.41) is 12.8. The number of phenols is 1. The Kier molecular flexibility index (Phi) is 4.31. The van der Waals surface area contributed by atoms with Crippen LogP contribution < -0.4 is 5.32 Å². The first kappa shape index (κ1) is 12.6. The Bertz CT molecular complexity index is 525. The fourth-order valence-electron chi connectivity index (χ4n) is 1.72. The van der Waals surface area contributed by atoms with Crippen LogP contribution in [0.1, 0.15) is 11.1 Å². The van der Waals surface area contributed by atoms with Crippen molar-refractivity contribution < 1.29 is 5.11 Å². The molecule has 0 aliphatic heterocycles. The van der Waals surface area contributed by atoms with Gasteiger partial charge in [0, 0.05) is 12.1 Å². The number of hydrogen-bond donors (Lipinski definition) is 2. The number of phenolic OH excluding ortho intramolecular Hbond substituents is 1. The minimum Gasteiger partial charge on any atom is -0.508 e. The molecule has 0 aromatic heterocycles. The molecule has 0 aliphatic rings. The highest BCUT2D eigenvalue weighted by atomic mass is 32.1. The lowest BCUT2D eigenvalue weighted by Crippen LogP contribution is -2.24. The van der Waals surface area contributed by atoms with E-state index in [2.05, 4.69) is 5.32 Å². The molecule has 0 saturated heterocycles. The van der Waals surface area contributed by atoms with Gasteiger partial charge < -0.3 is 10.4 Å². The van der Waals surface area contributed by atoms with E-state index in [-0.39, 0.29) is 0 Å². The summed E-state index contributed by atoms with van der Waals surface area (Å²) in [4.78, 5) is 0.742. The lowest BCUT2D eigenvalue weighted by molar-refractivity contribution is 0.468. The van der Waals surface area contributed by atoms with Gasteiger partial charge in [0.15, 0.2) is 0 Å². The Morgan fingerprint density at radius 2 is 1.67 bits per heavy atom. The van der Waals surface area contributed by atoms with Crippen molar-refractivity contribution in [3.8, 4) is 5.75 Å². The lowest BCUT2D eigenvalue weighted by atomic mass is 10.1. The number of aromatic hydroxyl groups is 1. The van der Waals surface area contributed by atoms with E-state index >= 15 is 0 Å². The SMILES string of the molecule is Oc1ccccc1CCNC(=S)c1ccccc1. The van der Waals surface area contributed by atoms with Gasteiger partial charge >= 0.3 is 0 Å². The fraction of sp³-hybridized carbons (Fsp3) is 0.133. The molecule has 0 saturated carbocycles. The predicted molar refractivity (Wildman–Crippen MR) is 78.0 cm³/mol. The van der Waals surface area contributed by atoms with Gasteiger partial charge in [-0.3, -0.25) is 0 Å². The van der Waals surface area contributed by atoms with Gasteiger partial charge in [-0.1, -0.05) is 60.7 Å². The van der Waals surface area contributed by atoms with Crippen LogP contribution in [0.4, 0.5) is 0 Å². The van der Waals surface area contributed by atoms with Gasteiger partial charge in [0.05, 0.1) is 0 Å². The molecule has 18 heavy (non-hydrogen) atoms. The number of para-hydroxylation sites is 1. The minimum absolute atomic E-state index is 0.338. The Labute approximate surface area is 112 Å². The molecule has 3 heteroatoms. The Morgan fingerprint density at radius 3 is 2.39 bits per heavy atom. The van der Waals surface area contributed by atoms with E-state index in [0.717, 1.165) is 22.5 Å². The molecule has 2 nitrogen and oxygen atoms in total. The molecule has 2 aromatic carbocycles. The Morgan fingerprint density at radius 1 is 1.00 bits per heavy atom. The zero-order valence-corrected chi connectivity index (χ0v) is 10.8. The lowest BCUT2D eigenvalue weighted by Gasteiger charge is -2.08. The van der Waals surface area contributed by atoms with Crippen molar-refractivity contribution in [2.45, 2.75) is 6.42 Å². The summed E-state index contributed by atoms with van der Waals surface area (Å²) in [7, 11) is 0. The highest BCUT2D eigenvalue weighted by Crippen LogP contribution is 2.15. The molecule has 0 radical (unpaired) electrons. The van der Waals surface area contributed by atoms with Crippen LogP contribution in [0, 0.1) is 0 Å². The molecule has 0 atom stereocenters. The van der Waals surface area contributed by atoms with Crippen molar-refractivity contribution in [3.63, 3.8) is 0 Å². The standard InChI is InChI=1S/C15H15NOS/c17-14-9-5-4-6-12(14)10-11-16-15(18)13-7-2-1-3-8-13/h1-9,17H,10-11H2,(H,16,18). The smallest absolute Gasteiger partial charge is 0.118 e. The normalized spacial score (nSPS) is 10.0. The Balaban J connectivity index is 1.86. The highest BCUT2D eigenvalue weighted by Gasteiger charge is 2.01. The van der Waals surface area contributed by atoms with Gasteiger partial charge in [0.25, 0.3) is 0 Å². The number of benzene rings is 2. The molecule has 2 N–H and O–H groups in total. The van der Waals surface area contributed by atoms with Gasteiger partial charge in [-0.25, -0.2) is 0 Å². The second-order valence-corrected chi connectivity index (χ2v) is 4.41. The topological polar surface area (TPSA) is 32.3 Å². The molecule has 0 fully saturated rings. The number of rotatable bonds is 4. The summed E-state index contributed by atoms with van der Waals surface area (Å²) in [6.45, 7) is 0.714. The van der Waals surface area contributed by atoms with E-state index in [1.807, 2.05) is 48.5 Å². The van der Waals surface area contributed by atoms with Crippen LogP contribution in [0.25, 0.3) is 0 Å². The molecule has 2 aromatic rings. The maximum absolute atomic E-state index is 9.63. The first-order chi connectivity index (χ1) is 8.77. The summed E-state index contributed by atoms with van der Waals surface area (Å²) in [5.41, 5.74) is 1.95.